The predicted molar refractivity (Wildman–Crippen MR) is 111 cm³/mol. The molecule has 1 aliphatic rings. The Morgan fingerprint density at radius 3 is 1.77 bits per heavy atom. The van der Waals surface area contributed by atoms with Crippen molar-refractivity contribution in [1.29, 1.82) is 0 Å². The minimum atomic E-state index is -3.88. The normalized spacial score (nSPS) is 16.4. The molecule has 0 spiro atoms. The molecule has 1 heterocycles. The Kier molecular flexibility index (Phi) is 6.32. The van der Waals surface area contributed by atoms with Gasteiger partial charge in [-0.05, 0) is 43.7 Å². The average molecular weight is 453 g/mol. The van der Waals surface area contributed by atoms with Gasteiger partial charge in [0.25, 0.3) is 0 Å². The van der Waals surface area contributed by atoms with Crippen LogP contribution in [0.25, 0.3) is 0 Å². The molecule has 1 fully saturated rings. The molecule has 0 saturated carbocycles. The van der Waals surface area contributed by atoms with Crippen LogP contribution >= 0.6 is 0 Å². The van der Waals surface area contributed by atoms with Crippen molar-refractivity contribution in [3.63, 3.8) is 0 Å². The molecule has 8 nitrogen and oxygen atoms in total. The zero-order valence-electron chi connectivity index (χ0n) is 17.0. The predicted octanol–water partition coefficient (Wildman–Crippen LogP) is 1.79. The van der Waals surface area contributed by atoms with Crippen molar-refractivity contribution in [2.75, 3.05) is 33.3 Å². The van der Waals surface area contributed by atoms with Gasteiger partial charge < -0.3 is 4.74 Å². The van der Waals surface area contributed by atoms with Crippen LogP contribution in [0.15, 0.2) is 52.3 Å². The molecule has 0 unspecified atom stereocenters. The van der Waals surface area contributed by atoms with Crippen LogP contribution in [0.1, 0.15) is 21.5 Å². The summed E-state index contributed by atoms with van der Waals surface area (Å²) < 4.78 is 58.9. The first-order chi connectivity index (χ1) is 14.1. The van der Waals surface area contributed by atoms with Crippen molar-refractivity contribution in [3.8, 4) is 0 Å². The highest BCUT2D eigenvalue weighted by Gasteiger charge is 2.34. The summed E-state index contributed by atoms with van der Waals surface area (Å²) in [6.45, 7) is 3.70. The molecule has 10 heteroatoms. The smallest absolute Gasteiger partial charge is 0.338 e. The minimum absolute atomic E-state index is 0.0227. The number of sulfonamides is 2. The van der Waals surface area contributed by atoms with E-state index in [1.165, 1.54) is 27.9 Å². The minimum Gasteiger partial charge on any atom is -0.465 e. The lowest BCUT2D eigenvalue weighted by Crippen LogP contribution is -2.50. The third-order valence-corrected chi connectivity index (χ3v) is 8.92. The maximum atomic E-state index is 13.0. The fourth-order valence-electron chi connectivity index (χ4n) is 3.25. The Bertz CT molecular complexity index is 1150. The van der Waals surface area contributed by atoms with E-state index in [9.17, 15) is 21.6 Å². The zero-order valence-corrected chi connectivity index (χ0v) is 18.7. The van der Waals surface area contributed by atoms with E-state index in [0.29, 0.717) is 5.56 Å². The van der Waals surface area contributed by atoms with Crippen LogP contribution < -0.4 is 0 Å². The summed E-state index contributed by atoms with van der Waals surface area (Å²) in [5, 5.41) is 0. The molecule has 0 bridgehead atoms. The Morgan fingerprint density at radius 1 is 0.800 bits per heavy atom. The van der Waals surface area contributed by atoms with Crippen molar-refractivity contribution >= 4 is 26.0 Å². The van der Waals surface area contributed by atoms with Crippen molar-refractivity contribution in [2.24, 2.45) is 0 Å². The number of hydrogen-bond donors (Lipinski definition) is 0. The Morgan fingerprint density at radius 2 is 1.27 bits per heavy atom. The number of carbonyl (C=O) groups excluding carboxylic acids is 1. The van der Waals surface area contributed by atoms with Crippen molar-refractivity contribution < 1.29 is 26.4 Å². The van der Waals surface area contributed by atoms with E-state index in [4.69, 9.17) is 4.74 Å². The molecule has 0 aromatic heterocycles. The van der Waals surface area contributed by atoms with E-state index in [-0.39, 0.29) is 41.5 Å². The Hall–Kier alpha value is -2.27. The molecule has 30 heavy (non-hydrogen) atoms. The van der Waals surface area contributed by atoms with Crippen molar-refractivity contribution in [3.05, 3.63) is 59.2 Å². The molecule has 0 amide bonds. The molecule has 0 N–H and O–H groups in total. The van der Waals surface area contributed by atoms with E-state index in [2.05, 4.69) is 0 Å². The summed E-state index contributed by atoms with van der Waals surface area (Å²) in [4.78, 5) is 12.1. The fraction of sp³-hybridized carbons (Fsp3) is 0.350. The number of piperazine rings is 1. The molecule has 1 saturated heterocycles. The number of rotatable bonds is 5. The van der Waals surface area contributed by atoms with Crippen LogP contribution in [-0.2, 0) is 24.8 Å². The number of benzene rings is 2. The van der Waals surface area contributed by atoms with E-state index in [0.717, 1.165) is 5.56 Å². The second-order valence-corrected chi connectivity index (χ2v) is 11.0. The van der Waals surface area contributed by atoms with Gasteiger partial charge in [-0.25, -0.2) is 21.6 Å². The lowest BCUT2D eigenvalue weighted by molar-refractivity contribution is 0.0599. The Labute approximate surface area is 177 Å². The lowest BCUT2D eigenvalue weighted by Gasteiger charge is -2.33. The first-order valence-corrected chi connectivity index (χ1v) is 12.2. The molecule has 0 aliphatic carbocycles. The molecule has 2 aromatic rings. The van der Waals surface area contributed by atoms with Gasteiger partial charge in [-0.15, -0.1) is 0 Å². The first-order valence-electron chi connectivity index (χ1n) is 9.33. The molecule has 0 atom stereocenters. The third-order valence-electron chi connectivity index (χ3n) is 5.11. The van der Waals surface area contributed by atoms with Crippen LogP contribution in [0.3, 0.4) is 0 Å². The second-order valence-electron chi connectivity index (χ2n) is 7.09. The largest absolute Gasteiger partial charge is 0.465 e. The Balaban J connectivity index is 1.79. The van der Waals surface area contributed by atoms with Crippen LogP contribution in [0.5, 0.6) is 0 Å². The van der Waals surface area contributed by atoms with Gasteiger partial charge in [0.05, 0.1) is 22.5 Å². The van der Waals surface area contributed by atoms with Gasteiger partial charge in [0.15, 0.2) is 0 Å². The SMILES string of the molecule is COC(=O)c1cc(S(=O)(=O)N2CCN(S(=O)(=O)c3ccc(C)cc3)CC2)ccc1C. The molecular formula is C20H24N2O6S2. The number of carbonyl (C=O) groups is 1. The lowest BCUT2D eigenvalue weighted by atomic mass is 10.1. The van der Waals surface area contributed by atoms with E-state index in [1.807, 2.05) is 6.92 Å². The first kappa shape index (κ1) is 22.4. The van der Waals surface area contributed by atoms with E-state index >= 15 is 0 Å². The number of aryl methyl sites for hydroxylation is 2. The fourth-order valence-corrected chi connectivity index (χ4v) is 6.12. The molecule has 3 rings (SSSR count). The van der Waals surface area contributed by atoms with Crippen LogP contribution in [0, 0.1) is 13.8 Å². The second kappa shape index (κ2) is 8.46. The van der Waals surface area contributed by atoms with Crippen molar-refractivity contribution in [1.82, 2.24) is 8.61 Å². The summed E-state index contributed by atoms with van der Waals surface area (Å²) >= 11 is 0. The topological polar surface area (TPSA) is 101 Å². The zero-order chi connectivity index (χ0) is 22.1. The number of ether oxygens (including phenoxy) is 1. The van der Waals surface area contributed by atoms with Crippen LogP contribution in [0.4, 0.5) is 0 Å². The van der Waals surface area contributed by atoms with Gasteiger partial charge in [0.1, 0.15) is 0 Å². The maximum absolute atomic E-state index is 13.0. The van der Waals surface area contributed by atoms with Gasteiger partial charge in [0, 0.05) is 26.2 Å². The highest BCUT2D eigenvalue weighted by Crippen LogP contribution is 2.24. The quantitative estimate of drug-likeness (QED) is 0.641. The van der Waals surface area contributed by atoms with Crippen LogP contribution in [-0.4, -0.2) is 64.7 Å². The van der Waals surface area contributed by atoms with E-state index < -0.39 is 26.0 Å². The number of nitrogens with zero attached hydrogens (tertiary/aromatic N) is 2. The summed E-state index contributed by atoms with van der Waals surface area (Å²) in [5.74, 6) is -0.612. The third kappa shape index (κ3) is 4.27. The average Bonchev–Trinajstić information content (AvgIpc) is 2.73. The van der Waals surface area contributed by atoms with Gasteiger partial charge in [-0.1, -0.05) is 23.8 Å². The monoisotopic (exact) mass is 452 g/mol. The highest BCUT2D eigenvalue weighted by atomic mass is 32.2. The standard InChI is InChI=1S/C20H24N2O6S2/c1-15-4-7-17(8-5-15)29(24,25)21-10-12-22(13-11-21)30(26,27)18-9-6-16(2)19(14-18)20(23)28-3/h4-9,14H,10-13H2,1-3H3. The van der Waals surface area contributed by atoms with Gasteiger partial charge in [0.2, 0.25) is 20.0 Å². The molecule has 1 aliphatic heterocycles. The summed E-state index contributed by atoms with van der Waals surface area (Å²) in [7, 11) is -6.33. The number of esters is 1. The summed E-state index contributed by atoms with van der Waals surface area (Å²) in [6.07, 6.45) is 0. The highest BCUT2D eigenvalue weighted by molar-refractivity contribution is 7.89. The maximum Gasteiger partial charge on any atom is 0.338 e. The molecule has 2 aromatic carbocycles. The van der Waals surface area contributed by atoms with E-state index in [1.54, 1.807) is 37.3 Å². The number of hydrogen-bond acceptors (Lipinski definition) is 6. The van der Waals surface area contributed by atoms with Crippen molar-refractivity contribution in [2.45, 2.75) is 23.6 Å². The van der Waals surface area contributed by atoms with Gasteiger partial charge in [-0.3, -0.25) is 0 Å². The van der Waals surface area contributed by atoms with Gasteiger partial charge in [-0.2, -0.15) is 8.61 Å². The van der Waals surface area contributed by atoms with Crippen LogP contribution in [0.2, 0.25) is 0 Å². The number of methoxy groups -OCH3 is 1. The summed E-state index contributed by atoms with van der Waals surface area (Å²) in [6, 6.07) is 10.8. The summed E-state index contributed by atoms with van der Waals surface area (Å²) in [5.41, 5.74) is 1.74. The molecule has 162 valence electrons. The molecular weight excluding hydrogens is 428 g/mol. The molecule has 0 radical (unpaired) electrons. The van der Waals surface area contributed by atoms with Gasteiger partial charge >= 0.3 is 5.97 Å².